The van der Waals surface area contributed by atoms with Crippen LogP contribution >= 0.6 is 0 Å². The minimum absolute atomic E-state index is 0.346. The van der Waals surface area contributed by atoms with E-state index in [9.17, 15) is 9.59 Å². The van der Waals surface area contributed by atoms with Crippen molar-refractivity contribution in [1.29, 1.82) is 0 Å². The lowest BCUT2D eigenvalue weighted by Gasteiger charge is -2.04. The third-order valence-electron chi connectivity index (χ3n) is 3.23. The number of hydrogen-bond acceptors (Lipinski definition) is 2. The van der Waals surface area contributed by atoms with E-state index in [2.05, 4.69) is 13.8 Å². The van der Waals surface area contributed by atoms with Crippen molar-refractivity contribution in [3.63, 3.8) is 0 Å². The zero-order valence-corrected chi connectivity index (χ0v) is 12.7. The summed E-state index contributed by atoms with van der Waals surface area (Å²) in [6.45, 7) is 4.47. The third-order valence-corrected chi connectivity index (χ3v) is 3.23. The van der Waals surface area contributed by atoms with Crippen LogP contribution in [-0.4, -0.2) is 22.2 Å². The Morgan fingerprint density at radius 2 is 1.60 bits per heavy atom. The van der Waals surface area contributed by atoms with Crippen molar-refractivity contribution in [2.75, 3.05) is 0 Å². The van der Waals surface area contributed by atoms with E-state index in [1.807, 2.05) is 0 Å². The van der Waals surface area contributed by atoms with Crippen LogP contribution in [0.3, 0.4) is 0 Å². The molecule has 0 aromatic carbocycles. The third kappa shape index (κ3) is 11.8. The molecule has 0 heterocycles. The lowest BCUT2D eigenvalue weighted by Crippen LogP contribution is -2.15. The molecule has 4 heteroatoms. The fourth-order valence-electron chi connectivity index (χ4n) is 2.03. The summed E-state index contributed by atoms with van der Waals surface area (Å²) >= 11 is 0. The fraction of sp³-hybridized carbons (Fsp3) is 0.750. The Bertz CT molecular complexity index is 308. The van der Waals surface area contributed by atoms with Crippen LogP contribution in [0.25, 0.3) is 0 Å². The van der Waals surface area contributed by atoms with Gasteiger partial charge in [0.25, 0.3) is 0 Å². The molecule has 0 saturated carbocycles. The molecule has 20 heavy (non-hydrogen) atoms. The summed E-state index contributed by atoms with van der Waals surface area (Å²) in [7, 11) is 0. The summed E-state index contributed by atoms with van der Waals surface area (Å²) in [6, 6.07) is 0. The van der Waals surface area contributed by atoms with Gasteiger partial charge < -0.3 is 10.2 Å². The van der Waals surface area contributed by atoms with Gasteiger partial charge in [-0.1, -0.05) is 58.1 Å². The lowest BCUT2D eigenvalue weighted by molar-refractivity contribution is -0.146. The van der Waals surface area contributed by atoms with E-state index in [1.54, 1.807) is 6.08 Å². The minimum atomic E-state index is -1.08. The first-order valence-corrected chi connectivity index (χ1v) is 7.54. The average Bonchev–Trinajstić information content (AvgIpc) is 2.34. The molecule has 0 amide bonds. The number of carboxylic acid groups (broad SMARTS) is 2. The van der Waals surface area contributed by atoms with Gasteiger partial charge in [-0.2, -0.15) is 0 Å². The minimum Gasteiger partial charge on any atom is -0.481 e. The molecule has 1 unspecified atom stereocenters. The maximum absolute atomic E-state index is 10.8. The molecular weight excluding hydrogens is 256 g/mol. The molecule has 4 nitrogen and oxygen atoms in total. The van der Waals surface area contributed by atoms with Crippen LogP contribution < -0.4 is 0 Å². The number of unbranched alkanes of at least 4 members (excludes halogenated alkanes) is 5. The zero-order valence-electron chi connectivity index (χ0n) is 12.7. The molecule has 0 fully saturated rings. The summed E-state index contributed by atoms with van der Waals surface area (Å²) in [5, 5.41) is 17.4. The van der Waals surface area contributed by atoms with Crippen LogP contribution in [0.1, 0.15) is 65.2 Å². The van der Waals surface area contributed by atoms with Gasteiger partial charge in [0.15, 0.2) is 0 Å². The smallest absolute Gasteiger partial charge is 0.310 e. The molecule has 0 aromatic rings. The van der Waals surface area contributed by atoms with Gasteiger partial charge in [0.1, 0.15) is 0 Å². The Hall–Kier alpha value is -1.32. The first-order chi connectivity index (χ1) is 9.43. The Morgan fingerprint density at radius 1 is 1.00 bits per heavy atom. The molecule has 0 saturated heterocycles. The van der Waals surface area contributed by atoms with Gasteiger partial charge in [-0.25, -0.2) is 0 Å². The predicted octanol–water partition coefficient (Wildman–Crippen LogP) is 4.10. The largest absolute Gasteiger partial charge is 0.481 e. The van der Waals surface area contributed by atoms with Crippen LogP contribution in [0.4, 0.5) is 0 Å². The highest BCUT2D eigenvalue weighted by atomic mass is 16.4. The van der Waals surface area contributed by atoms with Crippen molar-refractivity contribution in [3.05, 3.63) is 12.2 Å². The summed E-state index contributed by atoms with van der Waals surface area (Å²) in [6.07, 6.45) is 11.0. The number of hydrogen-bond donors (Lipinski definition) is 2. The maximum atomic E-state index is 10.8. The molecule has 0 radical (unpaired) electrons. The molecule has 0 aliphatic rings. The van der Waals surface area contributed by atoms with Crippen molar-refractivity contribution < 1.29 is 19.8 Å². The molecule has 0 bridgehead atoms. The highest BCUT2D eigenvalue weighted by molar-refractivity contribution is 5.79. The topological polar surface area (TPSA) is 74.6 Å². The lowest BCUT2D eigenvalue weighted by atomic mass is 10.0. The SMILES string of the molecule is CC(C)CCCCCCC/C=C/C(CC(=O)O)C(=O)O. The fourth-order valence-corrected chi connectivity index (χ4v) is 2.03. The van der Waals surface area contributed by atoms with Crippen LogP contribution in [0, 0.1) is 11.8 Å². The van der Waals surface area contributed by atoms with E-state index in [4.69, 9.17) is 10.2 Å². The first-order valence-electron chi connectivity index (χ1n) is 7.54. The highest BCUT2D eigenvalue weighted by Crippen LogP contribution is 2.12. The number of carboxylic acids is 2. The van der Waals surface area contributed by atoms with E-state index in [0.29, 0.717) is 0 Å². The number of aliphatic carboxylic acids is 2. The van der Waals surface area contributed by atoms with Gasteiger partial charge in [0, 0.05) is 0 Å². The Kier molecular flexibility index (Phi) is 10.7. The molecule has 1 atom stereocenters. The zero-order chi connectivity index (χ0) is 15.4. The normalized spacial score (nSPS) is 12.9. The van der Waals surface area contributed by atoms with E-state index in [-0.39, 0.29) is 6.42 Å². The molecule has 0 spiro atoms. The van der Waals surface area contributed by atoms with Gasteiger partial charge in [-0.15, -0.1) is 0 Å². The van der Waals surface area contributed by atoms with Crippen molar-refractivity contribution >= 4 is 11.9 Å². The van der Waals surface area contributed by atoms with Crippen molar-refractivity contribution in [2.45, 2.75) is 65.2 Å². The molecule has 0 aliphatic carbocycles. The first kappa shape index (κ1) is 18.7. The Balaban J connectivity index is 3.63. The quantitative estimate of drug-likeness (QED) is 0.418. The van der Waals surface area contributed by atoms with Gasteiger partial charge in [0.05, 0.1) is 12.3 Å². The molecule has 116 valence electrons. The molecular formula is C16H28O4. The monoisotopic (exact) mass is 284 g/mol. The summed E-state index contributed by atoms with van der Waals surface area (Å²) < 4.78 is 0. The van der Waals surface area contributed by atoms with Crippen LogP contribution in [0.5, 0.6) is 0 Å². The Labute approximate surface area is 121 Å². The van der Waals surface area contributed by atoms with E-state index < -0.39 is 17.9 Å². The Morgan fingerprint density at radius 3 is 2.15 bits per heavy atom. The summed E-state index contributed by atoms with van der Waals surface area (Å²) in [4.78, 5) is 21.3. The van der Waals surface area contributed by atoms with Crippen molar-refractivity contribution in [1.82, 2.24) is 0 Å². The summed E-state index contributed by atoms with van der Waals surface area (Å²) in [5.41, 5.74) is 0. The van der Waals surface area contributed by atoms with E-state index >= 15 is 0 Å². The number of rotatable bonds is 12. The molecule has 2 N–H and O–H groups in total. The van der Waals surface area contributed by atoms with E-state index in [1.165, 1.54) is 31.8 Å². The van der Waals surface area contributed by atoms with Gasteiger partial charge in [-0.3, -0.25) is 9.59 Å². The highest BCUT2D eigenvalue weighted by Gasteiger charge is 2.17. The van der Waals surface area contributed by atoms with Crippen molar-refractivity contribution in [2.24, 2.45) is 11.8 Å². The number of carbonyl (C=O) groups is 2. The average molecular weight is 284 g/mol. The van der Waals surface area contributed by atoms with Gasteiger partial charge in [-0.05, 0) is 18.8 Å². The van der Waals surface area contributed by atoms with Crippen LogP contribution in [-0.2, 0) is 9.59 Å². The molecule has 0 aromatic heterocycles. The maximum Gasteiger partial charge on any atom is 0.310 e. The van der Waals surface area contributed by atoms with Crippen LogP contribution in [0.15, 0.2) is 12.2 Å². The van der Waals surface area contributed by atoms with E-state index in [0.717, 1.165) is 25.2 Å². The second kappa shape index (κ2) is 11.5. The molecule has 0 rings (SSSR count). The van der Waals surface area contributed by atoms with Gasteiger partial charge >= 0.3 is 11.9 Å². The van der Waals surface area contributed by atoms with Crippen LogP contribution in [0.2, 0.25) is 0 Å². The van der Waals surface area contributed by atoms with Gasteiger partial charge in [0.2, 0.25) is 0 Å². The number of allylic oxidation sites excluding steroid dienone is 1. The standard InChI is InChI=1S/C16H28O4/c1-13(2)10-8-6-4-3-5-7-9-11-14(16(19)20)12-15(17)18/h9,11,13-14H,3-8,10,12H2,1-2H3,(H,17,18)(H,19,20)/b11-9+. The molecule has 0 aliphatic heterocycles. The second-order valence-corrected chi connectivity index (χ2v) is 5.71. The predicted molar refractivity (Wildman–Crippen MR) is 79.7 cm³/mol. The second-order valence-electron chi connectivity index (χ2n) is 5.71. The summed E-state index contributed by atoms with van der Waals surface area (Å²) in [5.74, 6) is -2.27. The van der Waals surface area contributed by atoms with Crippen molar-refractivity contribution in [3.8, 4) is 0 Å².